The highest BCUT2D eigenvalue weighted by Gasteiger charge is 2.19. The van der Waals surface area contributed by atoms with E-state index in [1.807, 2.05) is 0 Å². The average Bonchev–Trinajstić information content (AvgIpc) is 3.16. The van der Waals surface area contributed by atoms with Gasteiger partial charge in [-0.1, -0.05) is 34.8 Å². The summed E-state index contributed by atoms with van der Waals surface area (Å²) in [6, 6.07) is 6.76. The number of H-pyrrole nitrogens is 1. The third-order valence-corrected chi connectivity index (χ3v) is 4.62. The number of nitrogens with one attached hydrogen (secondary N) is 1. The van der Waals surface area contributed by atoms with Crippen LogP contribution in [0.5, 0.6) is 0 Å². The van der Waals surface area contributed by atoms with Gasteiger partial charge < -0.3 is 4.90 Å². The maximum absolute atomic E-state index is 12.6. The maximum atomic E-state index is 12.6. The van der Waals surface area contributed by atoms with Gasteiger partial charge in [0.05, 0.1) is 34.2 Å². The molecule has 9 heteroatoms. The van der Waals surface area contributed by atoms with E-state index >= 15 is 0 Å². The van der Waals surface area contributed by atoms with E-state index in [9.17, 15) is 4.79 Å². The van der Waals surface area contributed by atoms with Crippen molar-refractivity contribution >= 4 is 40.7 Å². The molecule has 6 nitrogen and oxygen atoms in total. The SMILES string of the molecule is CN(Cc1c(Cl)cnn1C)C(=O)c1cc(-c2ccc(Cl)cc2Cl)n[nH]1. The highest BCUT2D eigenvalue weighted by atomic mass is 35.5. The van der Waals surface area contributed by atoms with E-state index in [0.717, 1.165) is 5.69 Å². The summed E-state index contributed by atoms with van der Waals surface area (Å²) in [6.45, 7) is 0.324. The number of hydrogen-bond acceptors (Lipinski definition) is 3. The topological polar surface area (TPSA) is 66.8 Å². The Labute approximate surface area is 159 Å². The lowest BCUT2D eigenvalue weighted by Crippen LogP contribution is -2.27. The Morgan fingerprint density at radius 3 is 2.64 bits per heavy atom. The van der Waals surface area contributed by atoms with Crippen LogP contribution in [0, 0.1) is 0 Å². The molecular formula is C16H14Cl3N5O. The summed E-state index contributed by atoms with van der Waals surface area (Å²) in [5.74, 6) is -0.221. The van der Waals surface area contributed by atoms with E-state index in [0.29, 0.717) is 38.6 Å². The van der Waals surface area contributed by atoms with Crippen molar-refractivity contribution < 1.29 is 4.79 Å². The molecule has 3 aromatic rings. The number of benzene rings is 1. The molecule has 1 amide bonds. The van der Waals surface area contributed by atoms with E-state index in [4.69, 9.17) is 34.8 Å². The smallest absolute Gasteiger partial charge is 0.271 e. The standard InChI is InChI=1S/C16H14Cl3N5O/c1-23(8-15-12(19)7-20-24(15)2)16(25)14-6-13(21-22-14)10-4-3-9(17)5-11(10)18/h3-7H,8H2,1-2H3,(H,21,22). The number of carbonyl (C=O) groups excluding carboxylic acids is 1. The normalized spacial score (nSPS) is 10.9. The number of aromatic nitrogens is 4. The lowest BCUT2D eigenvalue weighted by molar-refractivity contribution is 0.0776. The van der Waals surface area contributed by atoms with Crippen LogP contribution in [0.1, 0.15) is 16.2 Å². The second kappa shape index (κ2) is 7.07. The van der Waals surface area contributed by atoms with Crippen LogP contribution >= 0.6 is 34.8 Å². The predicted molar refractivity (Wildman–Crippen MR) is 98.1 cm³/mol. The molecule has 0 radical (unpaired) electrons. The first kappa shape index (κ1) is 17.8. The molecule has 130 valence electrons. The summed E-state index contributed by atoms with van der Waals surface area (Å²) in [5.41, 5.74) is 2.36. The predicted octanol–water partition coefficient (Wildman–Crippen LogP) is 4.04. The van der Waals surface area contributed by atoms with Crippen molar-refractivity contribution in [1.29, 1.82) is 0 Å². The molecule has 2 heterocycles. The van der Waals surface area contributed by atoms with Crippen molar-refractivity contribution in [3.05, 3.63) is 56.9 Å². The Kier molecular flexibility index (Phi) is 5.03. The summed E-state index contributed by atoms with van der Waals surface area (Å²) in [6.07, 6.45) is 1.55. The van der Waals surface area contributed by atoms with Gasteiger partial charge in [-0.05, 0) is 24.3 Å². The molecule has 0 bridgehead atoms. The highest BCUT2D eigenvalue weighted by Crippen LogP contribution is 2.29. The summed E-state index contributed by atoms with van der Waals surface area (Å²) in [7, 11) is 3.46. The fourth-order valence-electron chi connectivity index (χ4n) is 2.38. The fourth-order valence-corrected chi connectivity index (χ4v) is 3.11. The first-order valence-electron chi connectivity index (χ1n) is 7.29. The van der Waals surface area contributed by atoms with Crippen LogP contribution in [0.3, 0.4) is 0 Å². The molecule has 3 rings (SSSR count). The first-order valence-corrected chi connectivity index (χ1v) is 8.43. The molecule has 0 unspecified atom stereocenters. The molecule has 1 N–H and O–H groups in total. The molecule has 0 aliphatic heterocycles. The average molecular weight is 399 g/mol. The molecule has 0 aliphatic rings. The second-order valence-electron chi connectivity index (χ2n) is 5.52. The van der Waals surface area contributed by atoms with Gasteiger partial charge in [-0.3, -0.25) is 14.6 Å². The Balaban J connectivity index is 1.80. The maximum Gasteiger partial charge on any atom is 0.271 e. The third kappa shape index (κ3) is 3.66. The van der Waals surface area contributed by atoms with Crippen LogP contribution in [0.15, 0.2) is 30.5 Å². The number of nitrogens with zero attached hydrogens (tertiary/aromatic N) is 4. The van der Waals surface area contributed by atoms with Crippen LogP contribution in [0.2, 0.25) is 15.1 Å². The van der Waals surface area contributed by atoms with Crippen molar-refractivity contribution in [2.75, 3.05) is 7.05 Å². The van der Waals surface area contributed by atoms with E-state index in [-0.39, 0.29) is 5.91 Å². The minimum absolute atomic E-state index is 0.221. The number of amides is 1. The number of aromatic amines is 1. The summed E-state index contributed by atoms with van der Waals surface area (Å²) < 4.78 is 1.64. The molecule has 0 saturated carbocycles. The Bertz CT molecular complexity index is 914. The van der Waals surface area contributed by atoms with Gasteiger partial charge in [0.2, 0.25) is 0 Å². The van der Waals surface area contributed by atoms with Gasteiger partial charge in [0.25, 0.3) is 5.91 Å². The quantitative estimate of drug-likeness (QED) is 0.721. The minimum Gasteiger partial charge on any atom is -0.334 e. The number of hydrogen-bond donors (Lipinski definition) is 1. The van der Waals surface area contributed by atoms with Crippen molar-refractivity contribution in [2.45, 2.75) is 6.54 Å². The zero-order chi connectivity index (χ0) is 18.1. The minimum atomic E-state index is -0.221. The lowest BCUT2D eigenvalue weighted by Gasteiger charge is -2.16. The monoisotopic (exact) mass is 397 g/mol. The molecule has 0 saturated heterocycles. The largest absolute Gasteiger partial charge is 0.334 e. The zero-order valence-corrected chi connectivity index (χ0v) is 15.7. The summed E-state index contributed by atoms with van der Waals surface area (Å²) in [5, 5.41) is 12.5. The van der Waals surface area contributed by atoms with Gasteiger partial charge in [-0.2, -0.15) is 10.2 Å². The van der Waals surface area contributed by atoms with Gasteiger partial charge in [-0.15, -0.1) is 0 Å². The number of carbonyl (C=O) groups is 1. The highest BCUT2D eigenvalue weighted by molar-refractivity contribution is 6.36. The first-order chi connectivity index (χ1) is 11.9. The van der Waals surface area contributed by atoms with Gasteiger partial charge in [0.1, 0.15) is 5.69 Å². The van der Waals surface area contributed by atoms with E-state index < -0.39 is 0 Å². The summed E-state index contributed by atoms with van der Waals surface area (Å²) >= 11 is 18.2. The third-order valence-electron chi connectivity index (χ3n) is 3.76. The summed E-state index contributed by atoms with van der Waals surface area (Å²) in [4.78, 5) is 14.1. The van der Waals surface area contributed by atoms with Crippen LogP contribution in [-0.4, -0.2) is 37.8 Å². The second-order valence-corrected chi connectivity index (χ2v) is 6.77. The Hall–Kier alpha value is -2.02. The van der Waals surface area contributed by atoms with Gasteiger partial charge >= 0.3 is 0 Å². The van der Waals surface area contributed by atoms with Crippen molar-refractivity contribution in [1.82, 2.24) is 24.9 Å². The Morgan fingerprint density at radius 1 is 1.24 bits per heavy atom. The van der Waals surface area contributed by atoms with E-state index in [1.165, 1.54) is 4.90 Å². The lowest BCUT2D eigenvalue weighted by atomic mass is 10.1. The number of rotatable bonds is 4. The van der Waals surface area contributed by atoms with E-state index in [2.05, 4.69) is 15.3 Å². The molecule has 0 atom stereocenters. The molecule has 2 aromatic heterocycles. The zero-order valence-electron chi connectivity index (χ0n) is 13.4. The molecule has 0 spiro atoms. The molecule has 0 fully saturated rings. The molecule has 25 heavy (non-hydrogen) atoms. The van der Waals surface area contributed by atoms with Crippen LogP contribution in [0.25, 0.3) is 11.3 Å². The van der Waals surface area contributed by atoms with Gasteiger partial charge in [-0.25, -0.2) is 0 Å². The van der Waals surface area contributed by atoms with Gasteiger partial charge in [0.15, 0.2) is 0 Å². The molecule has 1 aromatic carbocycles. The van der Waals surface area contributed by atoms with Crippen LogP contribution in [-0.2, 0) is 13.6 Å². The van der Waals surface area contributed by atoms with E-state index in [1.54, 1.807) is 49.2 Å². The number of aryl methyl sites for hydroxylation is 1. The van der Waals surface area contributed by atoms with Crippen molar-refractivity contribution in [3.63, 3.8) is 0 Å². The van der Waals surface area contributed by atoms with Crippen molar-refractivity contribution in [3.8, 4) is 11.3 Å². The Morgan fingerprint density at radius 2 is 2.00 bits per heavy atom. The van der Waals surface area contributed by atoms with Gasteiger partial charge in [0, 0.05) is 24.7 Å². The van der Waals surface area contributed by atoms with Crippen LogP contribution in [0.4, 0.5) is 0 Å². The molecular weight excluding hydrogens is 385 g/mol. The van der Waals surface area contributed by atoms with Crippen LogP contribution < -0.4 is 0 Å². The fraction of sp³-hybridized carbons (Fsp3) is 0.188. The molecule has 0 aliphatic carbocycles. The van der Waals surface area contributed by atoms with Crippen molar-refractivity contribution in [2.24, 2.45) is 7.05 Å². The number of halogens is 3.